The summed E-state index contributed by atoms with van der Waals surface area (Å²) in [7, 11) is 0. The van der Waals surface area contributed by atoms with Crippen molar-refractivity contribution in [2.45, 2.75) is 6.42 Å². The number of carboxylic acid groups (broad SMARTS) is 1. The number of carboxylic acids is 1. The van der Waals surface area contributed by atoms with Crippen LogP contribution in [-0.2, 0) is 20.7 Å². The number of benzene rings is 1. The predicted molar refractivity (Wildman–Crippen MR) is 66.6 cm³/mol. The van der Waals surface area contributed by atoms with E-state index >= 15 is 0 Å². The van der Waals surface area contributed by atoms with Gasteiger partial charge in [-0.25, -0.2) is 4.79 Å². The minimum absolute atomic E-state index is 0.142. The molecule has 0 spiro atoms. The Labute approximate surface area is 110 Å². The smallest absolute Gasteiger partial charge is 0.329 e. The first-order valence-electron chi connectivity index (χ1n) is 5.38. The van der Waals surface area contributed by atoms with E-state index in [4.69, 9.17) is 21.4 Å². The lowest BCUT2D eigenvalue weighted by atomic mass is 10.1. The van der Waals surface area contributed by atoms with Gasteiger partial charge in [-0.1, -0.05) is 23.7 Å². The fourth-order valence-corrected chi connectivity index (χ4v) is 1.40. The van der Waals surface area contributed by atoms with E-state index in [0.717, 1.165) is 5.56 Å². The molecule has 1 aromatic carbocycles. The summed E-state index contributed by atoms with van der Waals surface area (Å²) in [6, 6.07) is 7.01. The number of hydrogen-bond acceptors (Lipinski definition) is 3. The molecule has 0 unspecified atom stereocenters. The Hall–Kier alpha value is -1.59. The van der Waals surface area contributed by atoms with Gasteiger partial charge in [-0.2, -0.15) is 0 Å². The number of hydrogen-bond donors (Lipinski definition) is 2. The van der Waals surface area contributed by atoms with Crippen molar-refractivity contribution >= 4 is 23.5 Å². The minimum atomic E-state index is -1.03. The summed E-state index contributed by atoms with van der Waals surface area (Å²) >= 11 is 5.73. The van der Waals surface area contributed by atoms with Crippen LogP contribution in [0, 0.1) is 0 Å². The van der Waals surface area contributed by atoms with Crippen molar-refractivity contribution in [3.63, 3.8) is 0 Å². The summed E-state index contributed by atoms with van der Waals surface area (Å²) < 4.78 is 4.78. The number of halogens is 1. The lowest BCUT2D eigenvalue weighted by Crippen LogP contribution is -2.29. The Balaban J connectivity index is 2.17. The molecule has 5 nitrogen and oxygen atoms in total. The van der Waals surface area contributed by atoms with Crippen LogP contribution in [0.2, 0.25) is 5.02 Å². The number of rotatable bonds is 7. The largest absolute Gasteiger partial charge is 0.480 e. The lowest BCUT2D eigenvalue weighted by Gasteiger charge is -2.05. The van der Waals surface area contributed by atoms with Gasteiger partial charge in [0.1, 0.15) is 6.61 Å². The van der Waals surface area contributed by atoms with E-state index in [1.165, 1.54) is 0 Å². The van der Waals surface area contributed by atoms with Crippen LogP contribution in [0.4, 0.5) is 0 Å². The molecule has 1 rings (SSSR count). The summed E-state index contributed by atoms with van der Waals surface area (Å²) in [5, 5.41) is 11.6. The number of amides is 1. The van der Waals surface area contributed by atoms with E-state index in [0.29, 0.717) is 11.6 Å². The summed E-state index contributed by atoms with van der Waals surface area (Å²) in [6.45, 7) is 0.116. The van der Waals surface area contributed by atoms with Gasteiger partial charge in [-0.05, 0) is 17.7 Å². The molecule has 98 valence electrons. The summed E-state index contributed by atoms with van der Waals surface area (Å²) in [6.07, 6.45) is 0.260. The number of ether oxygens (including phenoxy) is 1. The molecule has 0 aromatic heterocycles. The zero-order valence-corrected chi connectivity index (χ0v) is 10.4. The maximum Gasteiger partial charge on any atom is 0.329 e. The van der Waals surface area contributed by atoms with Crippen molar-refractivity contribution in [3.8, 4) is 0 Å². The van der Waals surface area contributed by atoms with Crippen molar-refractivity contribution in [2.24, 2.45) is 0 Å². The van der Waals surface area contributed by atoms with Crippen LogP contribution in [0.25, 0.3) is 0 Å². The Morgan fingerprint density at radius 3 is 2.56 bits per heavy atom. The summed E-state index contributed by atoms with van der Waals surface area (Å²) in [5.74, 6) is -1.17. The average molecular weight is 272 g/mol. The molecule has 0 saturated heterocycles. The van der Waals surface area contributed by atoms with Gasteiger partial charge >= 0.3 is 5.97 Å². The van der Waals surface area contributed by atoms with Crippen molar-refractivity contribution in [3.05, 3.63) is 34.9 Å². The van der Waals surface area contributed by atoms with Crippen molar-refractivity contribution in [1.82, 2.24) is 5.32 Å². The minimum Gasteiger partial charge on any atom is -0.480 e. The van der Waals surface area contributed by atoms with Crippen molar-refractivity contribution in [1.29, 1.82) is 0 Å². The standard InChI is InChI=1S/C12H14ClNO4/c13-10-3-1-9(2-4-10)7-11(15)14-5-6-18-8-12(16)17/h1-4H,5-8H2,(H,14,15)(H,16,17). The molecule has 0 fully saturated rings. The van der Waals surface area contributed by atoms with Crippen molar-refractivity contribution in [2.75, 3.05) is 19.8 Å². The van der Waals surface area contributed by atoms with Crippen LogP contribution < -0.4 is 5.32 Å². The molecule has 6 heteroatoms. The first-order valence-corrected chi connectivity index (χ1v) is 5.76. The normalized spacial score (nSPS) is 10.1. The number of carbonyl (C=O) groups excluding carboxylic acids is 1. The second-order valence-electron chi connectivity index (χ2n) is 3.60. The monoisotopic (exact) mass is 271 g/mol. The molecule has 2 N–H and O–H groups in total. The molecule has 0 aliphatic heterocycles. The van der Waals surface area contributed by atoms with Crippen LogP contribution in [0.5, 0.6) is 0 Å². The Morgan fingerprint density at radius 2 is 1.94 bits per heavy atom. The molecule has 0 aliphatic carbocycles. The molecule has 0 bridgehead atoms. The van der Waals surface area contributed by atoms with E-state index in [-0.39, 0.29) is 25.5 Å². The second kappa shape index (κ2) is 7.68. The van der Waals surface area contributed by atoms with Crippen LogP contribution >= 0.6 is 11.6 Å². The quantitative estimate of drug-likeness (QED) is 0.728. The number of aliphatic carboxylic acids is 1. The Bertz CT molecular complexity index is 405. The van der Waals surface area contributed by atoms with Gasteiger partial charge in [0, 0.05) is 11.6 Å². The van der Waals surface area contributed by atoms with Gasteiger partial charge < -0.3 is 15.2 Å². The lowest BCUT2D eigenvalue weighted by molar-refractivity contribution is -0.142. The zero-order chi connectivity index (χ0) is 13.4. The maximum absolute atomic E-state index is 11.5. The molecule has 0 aliphatic rings. The number of nitrogens with one attached hydrogen (secondary N) is 1. The molecular weight excluding hydrogens is 258 g/mol. The van der Waals surface area contributed by atoms with E-state index in [2.05, 4.69) is 5.32 Å². The molecule has 1 amide bonds. The van der Waals surface area contributed by atoms with Gasteiger partial charge in [-0.3, -0.25) is 4.79 Å². The summed E-state index contributed by atoms with van der Waals surface area (Å²) in [4.78, 5) is 21.6. The third kappa shape index (κ3) is 6.22. The van der Waals surface area contributed by atoms with Crippen LogP contribution in [-0.4, -0.2) is 36.7 Å². The van der Waals surface area contributed by atoms with E-state index in [1.807, 2.05) is 0 Å². The van der Waals surface area contributed by atoms with Gasteiger partial charge in [0.15, 0.2) is 0 Å². The SMILES string of the molecule is O=C(O)COCCNC(=O)Cc1ccc(Cl)cc1. The third-order valence-corrected chi connectivity index (χ3v) is 2.32. The first-order chi connectivity index (χ1) is 8.58. The van der Waals surface area contributed by atoms with E-state index in [9.17, 15) is 9.59 Å². The van der Waals surface area contributed by atoms with Gasteiger partial charge in [0.2, 0.25) is 5.91 Å². The summed E-state index contributed by atoms with van der Waals surface area (Å²) in [5.41, 5.74) is 0.864. The molecule has 0 saturated carbocycles. The van der Waals surface area contributed by atoms with Crippen LogP contribution in [0.1, 0.15) is 5.56 Å². The average Bonchev–Trinajstić information content (AvgIpc) is 2.31. The highest BCUT2D eigenvalue weighted by Crippen LogP contribution is 2.09. The maximum atomic E-state index is 11.5. The number of carbonyl (C=O) groups is 2. The van der Waals surface area contributed by atoms with Gasteiger partial charge in [0.05, 0.1) is 13.0 Å². The fourth-order valence-electron chi connectivity index (χ4n) is 1.27. The highest BCUT2D eigenvalue weighted by molar-refractivity contribution is 6.30. The highest BCUT2D eigenvalue weighted by atomic mass is 35.5. The zero-order valence-electron chi connectivity index (χ0n) is 9.69. The highest BCUT2D eigenvalue weighted by Gasteiger charge is 2.03. The van der Waals surface area contributed by atoms with Gasteiger partial charge in [0.25, 0.3) is 0 Å². The predicted octanol–water partition coefficient (Wildman–Crippen LogP) is 1.10. The Kier molecular flexibility index (Phi) is 6.18. The molecular formula is C12H14ClNO4. The van der Waals surface area contributed by atoms with Crippen LogP contribution in [0.3, 0.4) is 0 Å². The molecule has 0 atom stereocenters. The van der Waals surface area contributed by atoms with E-state index in [1.54, 1.807) is 24.3 Å². The molecule has 18 heavy (non-hydrogen) atoms. The second-order valence-corrected chi connectivity index (χ2v) is 4.04. The van der Waals surface area contributed by atoms with Crippen LogP contribution in [0.15, 0.2) is 24.3 Å². The molecule has 0 radical (unpaired) electrons. The van der Waals surface area contributed by atoms with E-state index < -0.39 is 5.97 Å². The first kappa shape index (κ1) is 14.5. The topological polar surface area (TPSA) is 75.6 Å². The molecule has 0 heterocycles. The van der Waals surface area contributed by atoms with Crippen molar-refractivity contribution < 1.29 is 19.4 Å². The third-order valence-electron chi connectivity index (χ3n) is 2.07. The molecule has 1 aromatic rings. The Morgan fingerprint density at radius 1 is 1.28 bits per heavy atom. The fraction of sp³-hybridized carbons (Fsp3) is 0.333. The van der Waals surface area contributed by atoms with Gasteiger partial charge in [-0.15, -0.1) is 0 Å².